The van der Waals surface area contributed by atoms with E-state index in [4.69, 9.17) is 11.6 Å². The number of anilines is 1. The molecule has 9 heteroatoms. The van der Waals surface area contributed by atoms with Crippen LogP contribution in [-0.4, -0.2) is 26.7 Å². The van der Waals surface area contributed by atoms with E-state index in [1.807, 2.05) is 0 Å². The topological polar surface area (TPSA) is 53.1 Å². The van der Waals surface area contributed by atoms with Gasteiger partial charge in [-0.15, -0.1) is 0 Å². The molecule has 4 rings (SSSR count). The molecule has 1 aromatic heterocycles. The molecule has 2 aliphatic heterocycles. The van der Waals surface area contributed by atoms with E-state index in [0.717, 1.165) is 6.42 Å². The molecule has 138 valence electrons. The van der Waals surface area contributed by atoms with Crippen molar-refractivity contribution in [3.05, 3.63) is 53.5 Å². The van der Waals surface area contributed by atoms with Crippen LogP contribution < -0.4 is 10.6 Å². The van der Waals surface area contributed by atoms with E-state index < -0.39 is 17.8 Å². The number of halogens is 4. The van der Waals surface area contributed by atoms with Crippen LogP contribution in [0.3, 0.4) is 0 Å². The lowest BCUT2D eigenvalue weighted by Crippen LogP contribution is -2.61. The number of hydrogen-bond donors (Lipinski definition) is 2. The quantitative estimate of drug-likeness (QED) is 0.806. The Morgan fingerprint density at radius 3 is 2.92 bits per heavy atom. The molecule has 5 nitrogen and oxygen atoms in total. The number of aromatic nitrogens is 2. The molecule has 1 spiro atoms. The van der Waals surface area contributed by atoms with Gasteiger partial charge >= 0.3 is 6.18 Å². The first-order chi connectivity index (χ1) is 12.4. The second-order valence-electron chi connectivity index (χ2n) is 6.60. The first-order valence-corrected chi connectivity index (χ1v) is 8.74. The van der Waals surface area contributed by atoms with Crippen molar-refractivity contribution in [2.45, 2.75) is 37.5 Å². The Bertz CT molecular complexity index is 789. The summed E-state index contributed by atoms with van der Waals surface area (Å²) < 4.78 is 41.2. The van der Waals surface area contributed by atoms with Gasteiger partial charge < -0.3 is 15.5 Å². The standard InChI is InChI=1S/C17H17ClF3N5/c18-12-7-11(25-15-4-6-22-10-23-15)9-26-13(12)8-24-16(26)5-2-1-3-14(16)17(19,20)21/h4,6-10,14,24H,1-3,5H2,(H,22,23,25). The molecule has 1 fully saturated rings. The van der Waals surface area contributed by atoms with Crippen LogP contribution in [0, 0.1) is 5.92 Å². The minimum Gasteiger partial charge on any atom is -0.366 e. The van der Waals surface area contributed by atoms with Crippen molar-refractivity contribution in [3.63, 3.8) is 0 Å². The van der Waals surface area contributed by atoms with Crippen LogP contribution in [0.5, 0.6) is 0 Å². The maximum Gasteiger partial charge on any atom is 0.395 e. The number of nitrogens with one attached hydrogen (secondary N) is 2. The van der Waals surface area contributed by atoms with Gasteiger partial charge in [-0.05, 0) is 31.4 Å². The van der Waals surface area contributed by atoms with Gasteiger partial charge in [0.1, 0.15) is 17.8 Å². The summed E-state index contributed by atoms with van der Waals surface area (Å²) in [4.78, 5) is 9.56. The van der Waals surface area contributed by atoms with Gasteiger partial charge in [0.05, 0.1) is 22.3 Å². The van der Waals surface area contributed by atoms with Crippen LogP contribution in [0.25, 0.3) is 0 Å². The van der Waals surface area contributed by atoms with Crippen molar-refractivity contribution in [1.29, 1.82) is 0 Å². The fraction of sp³-hybridized carbons (Fsp3) is 0.412. The zero-order chi connectivity index (χ0) is 18.4. The number of alkyl halides is 3. The molecule has 0 aromatic carbocycles. The van der Waals surface area contributed by atoms with Crippen molar-refractivity contribution >= 4 is 17.4 Å². The van der Waals surface area contributed by atoms with Crippen molar-refractivity contribution in [3.8, 4) is 0 Å². The normalized spacial score (nSPS) is 28.1. The molecular weight excluding hydrogens is 367 g/mol. The molecule has 1 saturated carbocycles. The third-order valence-corrected chi connectivity index (χ3v) is 5.37. The van der Waals surface area contributed by atoms with Gasteiger partial charge in [0.2, 0.25) is 0 Å². The predicted molar refractivity (Wildman–Crippen MR) is 91.5 cm³/mol. The van der Waals surface area contributed by atoms with Gasteiger partial charge in [0.15, 0.2) is 0 Å². The number of hydrogen-bond acceptors (Lipinski definition) is 5. The van der Waals surface area contributed by atoms with Crippen molar-refractivity contribution in [2.75, 3.05) is 5.32 Å². The Balaban J connectivity index is 1.70. The summed E-state index contributed by atoms with van der Waals surface area (Å²) >= 11 is 6.36. The van der Waals surface area contributed by atoms with Gasteiger partial charge in [-0.1, -0.05) is 18.0 Å². The third kappa shape index (κ3) is 2.82. The lowest BCUT2D eigenvalue weighted by atomic mass is 9.77. The second kappa shape index (κ2) is 6.19. The third-order valence-electron chi connectivity index (χ3n) is 5.07. The van der Waals surface area contributed by atoms with Crippen LogP contribution >= 0.6 is 11.6 Å². The van der Waals surface area contributed by atoms with Crippen molar-refractivity contribution in [2.24, 2.45) is 5.92 Å². The zero-order valence-electron chi connectivity index (χ0n) is 13.7. The maximum absolute atomic E-state index is 13.7. The number of nitrogens with zero attached hydrogens (tertiary/aromatic N) is 3. The summed E-state index contributed by atoms with van der Waals surface area (Å²) in [6.07, 6.45) is 5.38. The van der Waals surface area contributed by atoms with E-state index in [1.165, 1.54) is 6.33 Å². The monoisotopic (exact) mass is 383 g/mol. The van der Waals surface area contributed by atoms with Gasteiger partial charge in [-0.25, -0.2) is 9.97 Å². The molecule has 0 amide bonds. The lowest BCUT2D eigenvalue weighted by molar-refractivity contribution is -0.216. The average molecular weight is 384 g/mol. The molecule has 3 aliphatic rings. The largest absolute Gasteiger partial charge is 0.395 e. The van der Waals surface area contributed by atoms with E-state index in [-0.39, 0.29) is 6.42 Å². The van der Waals surface area contributed by atoms with Gasteiger partial charge in [0, 0.05) is 18.6 Å². The highest BCUT2D eigenvalue weighted by Crippen LogP contribution is 2.50. The van der Waals surface area contributed by atoms with Crippen LogP contribution in [0.1, 0.15) is 25.7 Å². The van der Waals surface area contributed by atoms with E-state index in [1.54, 1.807) is 35.6 Å². The molecule has 0 bridgehead atoms. The highest BCUT2D eigenvalue weighted by molar-refractivity contribution is 6.32. The molecule has 2 N–H and O–H groups in total. The molecule has 1 aliphatic carbocycles. The average Bonchev–Trinajstić information content (AvgIpc) is 2.94. The van der Waals surface area contributed by atoms with E-state index in [2.05, 4.69) is 20.6 Å². The Kier molecular flexibility index (Phi) is 4.10. The fourth-order valence-electron chi connectivity index (χ4n) is 3.94. The molecule has 2 atom stereocenters. The highest BCUT2D eigenvalue weighted by Gasteiger charge is 2.59. The van der Waals surface area contributed by atoms with Crippen LogP contribution in [0.2, 0.25) is 0 Å². The van der Waals surface area contributed by atoms with Crippen LogP contribution in [-0.2, 0) is 0 Å². The minimum atomic E-state index is -4.29. The molecule has 2 unspecified atom stereocenters. The Morgan fingerprint density at radius 1 is 1.35 bits per heavy atom. The van der Waals surface area contributed by atoms with Crippen LogP contribution in [0.4, 0.5) is 19.0 Å². The maximum atomic E-state index is 13.7. The molecule has 0 radical (unpaired) electrons. The van der Waals surface area contributed by atoms with Gasteiger partial charge in [-0.2, -0.15) is 13.2 Å². The summed E-state index contributed by atoms with van der Waals surface area (Å²) in [7, 11) is 0. The summed E-state index contributed by atoms with van der Waals surface area (Å²) in [6, 6.07) is 1.67. The molecular formula is C17H17ClF3N5. The molecule has 1 aromatic rings. The summed E-state index contributed by atoms with van der Waals surface area (Å²) in [5.41, 5.74) is -0.116. The fourth-order valence-corrected chi connectivity index (χ4v) is 4.20. The number of fused-ring (bicyclic) bond motifs is 2. The van der Waals surface area contributed by atoms with Gasteiger partial charge in [-0.3, -0.25) is 0 Å². The Labute approximate surface area is 153 Å². The molecule has 3 heterocycles. The van der Waals surface area contributed by atoms with E-state index in [9.17, 15) is 13.2 Å². The van der Waals surface area contributed by atoms with Gasteiger partial charge in [0.25, 0.3) is 0 Å². The Hall–Kier alpha value is -2.22. The number of rotatable bonds is 2. The second-order valence-corrected chi connectivity index (χ2v) is 7.01. The SMILES string of the molecule is FC(F)(F)C1CCCCC12NC=C1C(Cl)=CC(Nc3ccncn3)=CN12. The Morgan fingerprint density at radius 2 is 2.19 bits per heavy atom. The predicted octanol–water partition coefficient (Wildman–Crippen LogP) is 4.06. The highest BCUT2D eigenvalue weighted by atomic mass is 35.5. The van der Waals surface area contributed by atoms with E-state index >= 15 is 0 Å². The van der Waals surface area contributed by atoms with Crippen molar-refractivity contribution in [1.82, 2.24) is 20.2 Å². The lowest BCUT2D eigenvalue weighted by Gasteiger charge is -2.49. The van der Waals surface area contributed by atoms with E-state index in [0.29, 0.717) is 35.1 Å². The minimum absolute atomic E-state index is 0.0952. The first-order valence-electron chi connectivity index (χ1n) is 8.36. The molecule has 0 saturated heterocycles. The smallest absolute Gasteiger partial charge is 0.366 e. The summed E-state index contributed by atoms with van der Waals surface area (Å²) in [5.74, 6) is -0.937. The number of allylic oxidation sites excluding steroid dienone is 2. The zero-order valence-corrected chi connectivity index (χ0v) is 14.5. The van der Waals surface area contributed by atoms with Crippen molar-refractivity contribution < 1.29 is 13.2 Å². The molecule has 26 heavy (non-hydrogen) atoms. The summed E-state index contributed by atoms with van der Waals surface area (Å²) in [6.45, 7) is 0. The van der Waals surface area contributed by atoms with Crippen LogP contribution in [0.15, 0.2) is 53.5 Å². The first kappa shape index (κ1) is 17.2. The summed E-state index contributed by atoms with van der Waals surface area (Å²) in [5, 5.41) is 6.45.